The lowest BCUT2D eigenvalue weighted by Crippen LogP contribution is -2.19. The van der Waals surface area contributed by atoms with Crippen LogP contribution in [0.5, 0.6) is 5.75 Å². The Bertz CT molecular complexity index is 1210. The molecule has 5 atom stereocenters. The molecule has 3 aromatic rings. The number of carbonyl (C=O) groups excluding carboxylic acids is 1. The van der Waals surface area contributed by atoms with Crippen LogP contribution in [-0.4, -0.2) is 36.8 Å². The molecule has 5 nitrogen and oxygen atoms in total. The number of benzene rings is 2. The van der Waals surface area contributed by atoms with Gasteiger partial charge in [0.05, 0.1) is 33.0 Å². The van der Waals surface area contributed by atoms with Crippen LogP contribution >= 0.6 is 22.9 Å². The highest BCUT2D eigenvalue weighted by Crippen LogP contribution is 2.45. The highest BCUT2D eigenvalue weighted by atomic mass is 35.5. The molecule has 1 aliphatic rings. The summed E-state index contributed by atoms with van der Waals surface area (Å²) in [5.74, 6) is 0.765. The first-order valence-electron chi connectivity index (χ1n) is 14.8. The molecule has 7 heteroatoms. The molecule has 1 unspecified atom stereocenters. The minimum Gasteiger partial charge on any atom is -0.497 e. The van der Waals surface area contributed by atoms with Gasteiger partial charge in [-0.1, -0.05) is 62.6 Å². The molecule has 1 heterocycles. The number of esters is 1. The van der Waals surface area contributed by atoms with Crippen molar-refractivity contribution in [3.05, 3.63) is 87.1 Å². The second-order valence-electron chi connectivity index (χ2n) is 11.0. The van der Waals surface area contributed by atoms with E-state index >= 15 is 0 Å². The highest BCUT2D eigenvalue weighted by Gasteiger charge is 2.42. The van der Waals surface area contributed by atoms with E-state index in [-0.39, 0.29) is 29.3 Å². The summed E-state index contributed by atoms with van der Waals surface area (Å²) in [6.45, 7) is 2.76. The van der Waals surface area contributed by atoms with Crippen molar-refractivity contribution >= 4 is 28.9 Å². The molecular weight excluding hydrogens is 556 g/mol. The first kappa shape index (κ1) is 31.6. The maximum absolute atomic E-state index is 11.8. The predicted octanol–water partition coefficient (Wildman–Crippen LogP) is 8.48. The minimum atomic E-state index is -0.451. The second kappa shape index (κ2) is 15.7. The number of hydrogen-bond donors (Lipinski definition) is 1. The fraction of sp³-hybridized carbons (Fsp3) is 0.500. The molecule has 0 amide bonds. The number of rotatable bonds is 15. The number of aliphatic hydroxyl groups excluding tert-OH is 1. The summed E-state index contributed by atoms with van der Waals surface area (Å²) in [5.41, 5.74) is 3.43. The summed E-state index contributed by atoms with van der Waals surface area (Å²) < 4.78 is 16.5. The van der Waals surface area contributed by atoms with Gasteiger partial charge in [0.2, 0.25) is 0 Å². The smallest absolute Gasteiger partial charge is 0.348 e. The van der Waals surface area contributed by atoms with Crippen LogP contribution in [0.2, 0.25) is 0 Å². The van der Waals surface area contributed by atoms with Gasteiger partial charge >= 0.3 is 5.97 Å². The van der Waals surface area contributed by atoms with Crippen LogP contribution in [-0.2, 0) is 22.5 Å². The average molecular weight is 599 g/mol. The van der Waals surface area contributed by atoms with Crippen molar-refractivity contribution in [2.45, 2.75) is 88.4 Å². The van der Waals surface area contributed by atoms with Crippen LogP contribution in [0.25, 0.3) is 0 Å². The molecule has 4 rings (SSSR count). The van der Waals surface area contributed by atoms with Gasteiger partial charge in [-0.15, -0.1) is 22.9 Å². The van der Waals surface area contributed by atoms with Gasteiger partial charge in [-0.25, -0.2) is 4.79 Å². The lowest BCUT2D eigenvalue weighted by atomic mass is 9.84. The quantitative estimate of drug-likeness (QED) is 0.108. The van der Waals surface area contributed by atoms with E-state index < -0.39 is 6.10 Å². The van der Waals surface area contributed by atoms with E-state index in [4.69, 9.17) is 25.8 Å². The van der Waals surface area contributed by atoms with Crippen molar-refractivity contribution in [1.29, 1.82) is 0 Å². The number of aliphatic hydroxyl groups is 1. The lowest BCUT2D eigenvalue weighted by molar-refractivity contribution is 0.0321. The molecule has 1 aromatic heterocycles. The SMILES string of the molecule is CCCCCC(OCc1ccc(OC)cc1)c1ccc([C@@H]2[C@@H](CCCc3ccc(C(=O)OC)s3)[C@@H](Cl)C[C@H]2O)cc1. The largest absolute Gasteiger partial charge is 0.497 e. The topological polar surface area (TPSA) is 65.0 Å². The van der Waals surface area contributed by atoms with E-state index in [1.165, 1.54) is 41.7 Å². The summed E-state index contributed by atoms with van der Waals surface area (Å²) in [4.78, 5) is 13.6. The summed E-state index contributed by atoms with van der Waals surface area (Å²) in [6, 6.07) is 20.5. The summed E-state index contributed by atoms with van der Waals surface area (Å²) in [7, 11) is 3.08. The van der Waals surface area contributed by atoms with Crippen molar-refractivity contribution in [2.24, 2.45) is 5.92 Å². The Hall–Kier alpha value is -2.38. The Kier molecular flexibility index (Phi) is 12.1. The van der Waals surface area contributed by atoms with Crippen LogP contribution in [0.1, 0.15) is 95.1 Å². The van der Waals surface area contributed by atoms with Crippen molar-refractivity contribution in [2.75, 3.05) is 14.2 Å². The zero-order valence-corrected chi connectivity index (χ0v) is 26.0. The third-order valence-corrected chi connectivity index (χ3v) is 9.82. The number of ether oxygens (including phenoxy) is 3. The van der Waals surface area contributed by atoms with Crippen LogP contribution in [0, 0.1) is 5.92 Å². The van der Waals surface area contributed by atoms with Gasteiger partial charge in [0.25, 0.3) is 0 Å². The molecule has 2 aromatic carbocycles. The molecule has 41 heavy (non-hydrogen) atoms. The molecule has 0 bridgehead atoms. The lowest BCUT2D eigenvalue weighted by Gasteiger charge is -2.25. The van der Waals surface area contributed by atoms with Crippen molar-refractivity contribution in [1.82, 2.24) is 0 Å². The Balaban J connectivity index is 1.40. The molecule has 1 saturated carbocycles. The molecule has 0 saturated heterocycles. The van der Waals surface area contributed by atoms with Gasteiger partial charge in [0.1, 0.15) is 10.6 Å². The highest BCUT2D eigenvalue weighted by molar-refractivity contribution is 7.13. The molecule has 0 spiro atoms. The first-order valence-corrected chi connectivity index (χ1v) is 16.0. The first-order chi connectivity index (χ1) is 19.9. The van der Waals surface area contributed by atoms with Gasteiger partial charge in [0, 0.05) is 16.2 Å². The van der Waals surface area contributed by atoms with Gasteiger partial charge in [-0.3, -0.25) is 0 Å². The fourth-order valence-corrected chi connectivity index (χ4v) is 7.34. The maximum atomic E-state index is 11.8. The van der Waals surface area contributed by atoms with Crippen LogP contribution in [0.3, 0.4) is 0 Å². The van der Waals surface area contributed by atoms with Crippen molar-refractivity contribution < 1.29 is 24.1 Å². The number of unbranched alkanes of at least 4 members (excludes halogenated alkanes) is 2. The fourth-order valence-electron chi connectivity index (χ4n) is 5.90. The second-order valence-corrected chi connectivity index (χ2v) is 12.7. The average Bonchev–Trinajstić information content (AvgIpc) is 3.58. The van der Waals surface area contributed by atoms with Crippen molar-refractivity contribution in [3.8, 4) is 5.75 Å². The molecule has 1 aliphatic carbocycles. The van der Waals surface area contributed by atoms with E-state index in [1.54, 1.807) is 7.11 Å². The Morgan fingerprint density at radius 3 is 2.46 bits per heavy atom. The number of alkyl halides is 1. The number of aryl methyl sites for hydroxylation is 1. The molecule has 1 fully saturated rings. The van der Waals surface area contributed by atoms with Gasteiger partial charge in [-0.05, 0) is 79.0 Å². The molecule has 222 valence electrons. The molecule has 1 N–H and O–H groups in total. The van der Waals surface area contributed by atoms with Crippen LogP contribution in [0.15, 0.2) is 60.7 Å². The van der Waals surface area contributed by atoms with Gasteiger partial charge in [0.15, 0.2) is 0 Å². The number of methoxy groups -OCH3 is 2. The van der Waals surface area contributed by atoms with E-state index in [0.717, 1.165) is 49.0 Å². The number of carbonyl (C=O) groups is 1. The standard InChI is InChI=1S/C34H43ClO5S/c1-4-5-6-10-31(40-22-23-11-17-26(38-2)18-12-23)24-13-15-25(16-14-24)33-28(29(35)21-30(33)36)9-7-8-27-19-20-32(41-27)34(37)39-3/h11-20,28-31,33,36H,4-10,21-22H2,1-3H3/t28-,29-,30+,31?,33+/m0/s1. The maximum Gasteiger partial charge on any atom is 0.348 e. The Morgan fingerprint density at radius 2 is 1.78 bits per heavy atom. The summed E-state index contributed by atoms with van der Waals surface area (Å²) in [5, 5.41) is 10.9. The zero-order chi connectivity index (χ0) is 29.2. The van der Waals surface area contributed by atoms with Crippen molar-refractivity contribution in [3.63, 3.8) is 0 Å². The summed E-state index contributed by atoms with van der Waals surface area (Å²) >= 11 is 8.28. The third kappa shape index (κ3) is 8.57. The molecule has 0 aliphatic heterocycles. The third-order valence-electron chi connectivity index (χ3n) is 8.19. The normalized spacial score (nSPS) is 21.1. The van der Waals surface area contributed by atoms with E-state index in [2.05, 4.69) is 31.2 Å². The Morgan fingerprint density at radius 1 is 1.02 bits per heavy atom. The predicted molar refractivity (Wildman–Crippen MR) is 166 cm³/mol. The zero-order valence-electron chi connectivity index (χ0n) is 24.4. The monoisotopic (exact) mass is 598 g/mol. The van der Waals surface area contributed by atoms with E-state index in [9.17, 15) is 9.90 Å². The molecule has 0 radical (unpaired) electrons. The molecular formula is C34H43ClO5S. The summed E-state index contributed by atoms with van der Waals surface area (Å²) in [6.07, 6.45) is 7.38. The number of halogens is 1. The van der Waals surface area contributed by atoms with Crippen LogP contribution < -0.4 is 4.74 Å². The van der Waals surface area contributed by atoms with Gasteiger partial charge in [-0.2, -0.15) is 0 Å². The minimum absolute atomic E-state index is 0.0132. The Labute approximate surface area is 253 Å². The number of thiophene rings is 1. The number of hydrogen-bond acceptors (Lipinski definition) is 6. The van der Waals surface area contributed by atoms with E-state index in [1.807, 2.05) is 36.4 Å². The van der Waals surface area contributed by atoms with Crippen LogP contribution in [0.4, 0.5) is 0 Å². The van der Waals surface area contributed by atoms with E-state index in [0.29, 0.717) is 17.9 Å². The van der Waals surface area contributed by atoms with Gasteiger partial charge < -0.3 is 19.3 Å².